The number of carbonyl (C=O) groups is 1. The summed E-state index contributed by atoms with van der Waals surface area (Å²) in [6, 6.07) is 8.71. The van der Waals surface area contributed by atoms with Gasteiger partial charge in [-0.25, -0.2) is 9.18 Å². The van der Waals surface area contributed by atoms with Crippen LogP contribution in [-0.4, -0.2) is 23.3 Å². The predicted octanol–water partition coefficient (Wildman–Crippen LogP) is 2.69. The van der Waals surface area contributed by atoms with Crippen LogP contribution < -0.4 is 4.74 Å². The molecule has 0 saturated heterocycles. The molecule has 2 N–H and O–H groups in total. The Morgan fingerprint density at radius 1 is 1.30 bits per heavy atom. The van der Waals surface area contributed by atoms with Crippen molar-refractivity contribution in [3.05, 3.63) is 53.3 Å². The van der Waals surface area contributed by atoms with Crippen LogP contribution in [0.25, 0.3) is 11.1 Å². The maximum Gasteiger partial charge on any atom is 0.336 e. The molecule has 0 spiro atoms. The standard InChI is InChI=1S/C15H13FO4/c1-20-13-4-2-3-12(16)14(13)9-5-6-11(15(18)19)10(7-9)8-17/h2-7,17H,8H2,1H3,(H,18,19). The van der Waals surface area contributed by atoms with Gasteiger partial charge in [0.25, 0.3) is 0 Å². The second-order valence-corrected chi connectivity index (χ2v) is 4.15. The number of aromatic carboxylic acids is 1. The summed E-state index contributed by atoms with van der Waals surface area (Å²) >= 11 is 0. The number of methoxy groups -OCH3 is 1. The number of halogens is 1. The summed E-state index contributed by atoms with van der Waals surface area (Å²) in [5.41, 5.74) is 0.905. The average molecular weight is 276 g/mol. The third-order valence-corrected chi connectivity index (χ3v) is 2.99. The molecule has 0 fully saturated rings. The molecule has 5 heteroatoms. The zero-order valence-electron chi connectivity index (χ0n) is 10.8. The topological polar surface area (TPSA) is 66.8 Å². The Labute approximate surface area is 115 Å². The lowest BCUT2D eigenvalue weighted by Gasteiger charge is -2.12. The Morgan fingerprint density at radius 3 is 2.65 bits per heavy atom. The Morgan fingerprint density at radius 2 is 2.05 bits per heavy atom. The summed E-state index contributed by atoms with van der Waals surface area (Å²) in [7, 11) is 1.43. The van der Waals surface area contributed by atoms with Gasteiger partial charge in [-0.3, -0.25) is 0 Å². The highest BCUT2D eigenvalue weighted by atomic mass is 19.1. The van der Waals surface area contributed by atoms with Crippen molar-refractivity contribution in [1.82, 2.24) is 0 Å². The molecule has 0 heterocycles. The Balaban J connectivity index is 2.62. The molecule has 0 aliphatic heterocycles. The molecule has 0 aliphatic rings. The van der Waals surface area contributed by atoms with Gasteiger partial charge in [0.1, 0.15) is 11.6 Å². The molecule has 0 unspecified atom stereocenters. The van der Waals surface area contributed by atoms with Gasteiger partial charge >= 0.3 is 5.97 Å². The monoisotopic (exact) mass is 276 g/mol. The molecule has 104 valence electrons. The zero-order chi connectivity index (χ0) is 14.7. The van der Waals surface area contributed by atoms with Crippen molar-refractivity contribution < 1.29 is 24.1 Å². The van der Waals surface area contributed by atoms with Crippen molar-refractivity contribution in [2.45, 2.75) is 6.61 Å². The van der Waals surface area contributed by atoms with Crippen molar-refractivity contribution in [2.24, 2.45) is 0 Å². The van der Waals surface area contributed by atoms with Crippen molar-refractivity contribution >= 4 is 5.97 Å². The van der Waals surface area contributed by atoms with Crippen LogP contribution in [0, 0.1) is 5.82 Å². The molecule has 2 rings (SSSR count). The zero-order valence-corrected chi connectivity index (χ0v) is 10.8. The van der Waals surface area contributed by atoms with Crippen LogP contribution in [0.4, 0.5) is 4.39 Å². The van der Waals surface area contributed by atoms with Gasteiger partial charge in [-0.2, -0.15) is 0 Å². The van der Waals surface area contributed by atoms with Gasteiger partial charge in [-0.05, 0) is 35.4 Å². The first-order valence-corrected chi connectivity index (χ1v) is 5.88. The van der Waals surface area contributed by atoms with Gasteiger partial charge in [0.2, 0.25) is 0 Å². The second-order valence-electron chi connectivity index (χ2n) is 4.15. The van der Waals surface area contributed by atoms with Gasteiger partial charge in [0.15, 0.2) is 0 Å². The highest BCUT2D eigenvalue weighted by Crippen LogP contribution is 2.33. The van der Waals surface area contributed by atoms with E-state index in [1.165, 1.54) is 37.4 Å². The first-order chi connectivity index (χ1) is 9.58. The summed E-state index contributed by atoms with van der Waals surface area (Å²) in [5.74, 6) is -1.27. The first-order valence-electron chi connectivity index (χ1n) is 5.88. The maximum absolute atomic E-state index is 14.0. The lowest BCUT2D eigenvalue weighted by Crippen LogP contribution is -2.03. The fourth-order valence-corrected chi connectivity index (χ4v) is 2.04. The molecule has 4 nitrogen and oxygen atoms in total. The normalized spacial score (nSPS) is 10.3. The summed E-state index contributed by atoms with van der Waals surface area (Å²) < 4.78 is 19.1. The van der Waals surface area contributed by atoms with Crippen LogP contribution in [0.15, 0.2) is 36.4 Å². The number of ether oxygens (including phenoxy) is 1. The van der Waals surface area contributed by atoms with Crippen molar-refractivity contribution in [2.75, 3.05) is 7.11 Å². The number of aliphatic hydroxyl groups excluding tert-OH is 1. The number of hydrogen-bond donors (Lipinski definition) is 2. The Kier molecular flexibility index (Phi) is 4.00. The fourth-order valence-electron chi connectivity index (χ4n) is 2.04. The molecular formula is C15H13FO4. The predicted molar refractivity (Wildman–Crippen MR) is 71.3 cm³/mol. The molecule has 0 radical (unpaired) electrons. The van der Waals surface area contributed by atoms with Crippen LogP contribution >= 0.6 is 0 Å². The number of benzene rings is 2. The number of hydrogen-bond acceptors (Lipinski definition) is 3. The molecule has 0 aromatic heterocycles. The molecule has 2 aromatic rings. The van der Waals surface area contributed by atoms with Crippen molar-refractivity contribution in [1.29, 1.82) is 0 Å². The van der Waals surface area contributed by atoms with E-state index in [1.54, 1.807) is 6.07 Å². The molecule has 0 aliphatic carbocycles. The van der Waals surface area contributed by atoms with E-state index in [2.05, 4.69) is 0 Å². The quantitative estimate of drug-likeness (QED) is 0.901. The molecule has 0 saturated carbocycles. The first kappa shape index (κ1) is 14.0. The number of aliphatic hydroxyl groups is 1. The fraction of sp³-hybridized carbons (Fsp3) is 0.133. The minimum Gasteiger partial charge on any atom is -0.496 e. The third kappa shape index (κ3) is 2.48. The lowest BCUT2D eigenvalue weighted by molar-refractivity contribution is 0.0693. The van der Waals surface area contributed by atoms with E-state index < -0.39 is 18.4 Å². The van der Waals surface area contributed by atoms with E-state index in [4.69, 9.17) is 9.84 Å². The summed E-state index contributed by atoms with van der Waals surface area (Å²) in [6.07, 6.45) is 0. The lowest BCUT2D eigenvalue weighted by atomic mass is 9.98. The number of carboxylic acids is 1. The maximum atomic E-state index is 14.0. The molecule has 0 amide bonds. The molecular weight excluding hydrogens is 263 g/mol. The average Bonchev–Trinajstić information content (AvgIpc) is 2.46. The molecule has 20 heavy (non-hydrogen) atoms. The summed E-state index contributed by atoms with van der Waals surface area (Å²) in [5, 5.41) is 18.2. The van der Waals surface area contributed by atoms with E-state index in [9.17, 15) is 14.3 Å². The van der Waals surface area contributed by atoms with E-state index in [1.807, 2.05) is 0 Å². The van der Waals surface area contributed by atoms with Crippen LogP contribution in [0.5, 0.6) is 5.75 Å². The van der Waals surface area contributed by atoms with E-state index in [-0.39, 0.29) is 16.7 Å². The molecule has 0 atom stereocenters. The summed E-state index contributed by atoms with van der Waals surface area (Å²) in [6.45, 7) is -0.438. The Hall–Kier alpha value is -2.40. The van der Waals surface area contributed by atoms with Crippen LogP contribution in [-0.2, 0) is 6.61 Å². The van der Waals surface area contributed by atoms with Gasteiger partial charge in [-0.1, -0.05) is 12.1 Å². The number of carboxylic acid groups (broad SMARTS) is 1. The number of rotatable bonds is 4. The van der Waals surface area contributed by atoms with Crippen LogP contribution in [0.3, 0.4) is 0 Å². The van der Waals surface area contributed by atoms with Gasteiger partial charge in [0.05, 0.1) is 24.8 Å². The van der Waals surface area contributed by atoms with Crippen LogP contribution in [0.2, 0.25) is 0 Å². The van der Waals surface area contributed by atoms with E-state index in [0.717, 1.165) is 0 Å². The minimum absolute atomic E-state index is 0.00782. The molecule has 0 bridgehead atoms. The Bertz CT molecular complexity index is 652. The largest absolute Gasteiger partial charge is 0.496 e. The van der Waals surface area contributed by atoms with Gasteiger partial charge in [0, 0.05) is 0 Å². The highest BCUT2D eigenvalue weighted by molar-refractivity contribution is 5.90. The van der Waals surface area contributed by atoms with Crippen molar-refractivity contribution in [3.63, 3.8) is 0 Å². The van der Waals surface area contributed by atoms with Crippen LogP contribution in [0.1, 0.15) is 15.9 Å². The molecule has 2 aromatic carbocycles. The minimum atomic E-state index is -1.14. The second kappa shape index (κ2) is 5.71. The van der Waals surface area contributed by atoms with Crippen molar-refractivity contribution in [3.8, 4) is 16.9 Å². The van der Waals surface area contributed by atoms with Gasteiger partial charge < -0.3 is 14.9 Å². The van der Waals surface area contributed by atoms with E-state index in [0.29, 0.717) is 11.3 Å². The highest BCUT2D eigenvalue weighted by Gasteiger charge is 2.15. The van der Waals surface area contributed by atoms with Gasteiger partial charge in [-0.15, -0.1) is 0 Å². The third-order valence-electron chi connectivity index (χ3n) is 2.99. The summed E-state index contributed by atoms with van der Waals surface area (Å²) in [4.78, 5) is 11.0. The SMILES string of the molecule is COc1cccc(F)c1-c1ccc(C(=O)O)c(CO)c1. The smallest absolute Gasteiger partial charge is 0.336 e. The van der Waals surface area contributed by atoms with E-state index >= 15 is 0 Å².